The molecule has 0 radical (unpaired) electrons. The number of anilines is 1. The van der Waals surface area contributed by atoms with Crippen LogP contribution >= 0.6 is 23.2 Å². The Morgan fingerprint density at radius 3 is 2.54 bits per heavy atom. The molecular weight excluding hydrogens is 375 g/mol. The number of hydrogen-bond acceptors (Lipinski definition) is 3. The Kier molecular flexibility index (Phi) is 5.49. The highest BCUT2D eigenvalue weighted by Gasteiger charge is 2.09. The van der Waals surface area contributed by atoms with E-state index in [2.05, 4.69) is 10.3 Å². The van der Waals surface area contributed by atoms with Gasteiger partial charge in [-0.05, 0) is 48.9 Å². The number of carbonyl (C=O) groups excluding carboxylic acids is 1. The lowest BCUT2D eigenvalue weighted by molar-refractivity contribution is -0.116. The molecule has 1 heterocycles. The summed E-state index contributed by atoms with van der Waals surface area (Å²) in [4.78, 5) is 27.2. The predicted octanol–water partition coefficient (Wildman–Crippen LogP) is 4.41. The second-order valence-corrected chi connectivity index (χ2v) is 6.66. The maximum atomic E-state index is 12.2. The number of amides is 1. The number of hydrogen-bond donors (Lipinski definition) is 2. The molecule has 0 fully saturated rings. The van der Waals surface area contributed by atoms with Gasteiger partial charge in [0.1, 0.15) is 5.75 Å². The van der Waals surface area contributed by atoms with Gasteiger partial charge in [0.15, 0.2) is 0 Å². The van der Waals surface area contributed by atoms with Crippen LogP contribution in [-0.4, -0.2) is 18.0 Å². The molecule has 2 N–H and O–H groups in total. The van der Waals surface area contributed by atoms with E-state index in [0.717, 1.165) is 10.9 Å². The fourth-order valence-electron chi connectivity index (χ4n) is 2.64. The highest BCUT2D eigenvalue weighted by atomic mass is 35.5. The molecule has 0 aliphatic rings. The zero-order valence-electron chi connectivity index (χ0n) is 13.9. The summed E-state index contributed by atoms with van der Waals surface area (Å²) in [5.74, 6) is 0.472. The first kappa shape index (κ1) is 18.3. The fourth-order valence-corrected chi connectivity index (χ4v) is 3.17. The highest BCUT2D eigenvalue weighted by molar-refractivity contribution is 6.35. The van der Waals surface area contributed by atoms with Crippen molar-refractivity contribution < 1.29 is 9.53 Å². The molecule has 5 nitrogen and oxygen atoms in total. The molecular formula is C19H16Cl2N2O3. The normalized spacial score (nSPS) is 10.7. The van der Waals surface area contributed by atoms with E-state index in [1.165, 1.54) is 0 Å². The first-order valence-electron chi connectivity index (χ1n) is 7.90. The Morgan fingerprint density at radius 1 is 1.12 bits per heavy atom. The minimum atomic E-state index is -0.228. The second kappa shape index (κ2) is 7.81. The molecule has 0 aliphatic carbocycles. The first-order valence-corrected chi connectivity index (χ1v) is 8.66. The van der Waals surface area contributed by atoms with Crippen molar-refractivity contribution in [1.29, 1.82) is 0 Å². The van der Waals surface area contributed by atoms with E-state index < -0.39 is 0 Å². The van der Waals surface area contributed by atoms with Gasteiger partial charge in [-0.2, -0.15) is 0 Å². The molecule has 0 spiro atoms. The number of fused-ring (bicyclic) bond motifs is 1. The summed E-state index contributed by atoms with van der Waals surface area (Å²) in [5.41, 5.74) is 1.56. The van der Waals surface area contributed by atoms with Crippen molar-refractivity contribution in [1.82, 2.24) is 4.98 Å². The molecule has 1 aromatic heterocycles. The number of aryl methyl sites for hydroxylation is 1. The van der Waals surface area contributed by atoms with Gasteiger partial charge < -0.3 is 15.0 Å². The summed E-state index contributed by atoms with van der Waals surface area (Å²) in [6.07, 6.45) is 0.464. The number of ether oxygens (including phenoxy) is 1. The summed E-state index contributed by atoms with van der Waals surface area (Å²) >= 11 is 11.8. The smallest absolute Gasteiger partial charge is 0.251 e. The van der Waals surface area contributed by atoms with E-state index in [1.807, 2.05) is 6.07 Å². The molecule has 3 rings (SSSR count). The molecule has 0 atom stereocenters. The summed E-state index contributed by atoms with van der Waals surface area (Å²) in [7, 11) is 1.58. The molecule has 0 unspecified atom stereocenters. The molecule has 0 saturated heterocycles. The van der Waals surface area contributed by atoms with Gasteiger partial charge in [-0.15, -0.1) is 0 Å². The number of H-pyrrole nitrogens is 1. The average Bonchev–Trinajstić information content (AvgIpc) is 2.58. The van der Waals surface area contributed by atoms with Gasteiger partial charge in [-0.1, -0.05) is 23.2 Å². The van der Waals surface area contributed by atoms with E-state index in [4.69, 9.17) is 27.9 Å². The predicted molar refractivity (Wildman–Crippen MR) is 105 cm³/mol. The lowest BCUT2D eigenvalue weighted by atomic mass is 10.1. The van der Waals surface area contributed by atoms with Gasteiger partial charge in [-0.25, -0.2) is 0 Å². The van der Waals surface area contributed by atoms with Gasteiger partial charge in [0.05, 0.1) is 7.11 Å². The molecule has 3 aromatic rings. The van der Waals surface area contributed by atoms with E-state index in [1.54, 1.807) is 43.5 Å². The van der Waals surface area contributed by atoms with Gasteiger partial charge in [0, 0.05) is 38.6 Å². The topological polar surface area (TPSA) is 71.2 Å². The zero-order chi connectivity index (χ0) is 18.7. The number of methoxy groups -OCH3 is 1. The maximum Gasteiger partial charge on any atom is 0.251 e. The minimum Gasteiger partial charge on any atom is -0.497 e. The van der Waals surface area contributed by atoms with Crippen molar-refractivity contribution >= 4 is 45.7 Å². The van der Waals surface area contributed by atoms with Crippen LogP contribution in [0.2, 0.25) is 10.0 Å². The van der Waals surface area contributed by atoms with Crippen LogP contribution in [-0.2, 0) is 11.2 Å². The van der Waals surface area contributed by atoms with Crippen LogP contribution in [0.1, 0.15) is 12.0 Å². The standard InChI is InChI=1S/C19H16Cl2N2O3/c1-26-16-3-4-17-12(7-16)6-11(19(25)23-17)2-5-18(24)22-15-9-13(20)8-14(21)10-15/h3-4,6-10H,2,5H2,1H3,(H,22,24)(H,23,25). The third kappa shape index (κ3) is 4.36. The van der Waals surface area contributed by atoms with Crippen LogP contribution in [0.25, 0.3) is 10.9 Å². The molecule has 1 amide bonds. The summed E-state index contributed by atoms with van der Waals surface area (Å²) in [6.45, 7) is 0. The van der Waals surface area contributed by atoms with Crippen LogP contribution in [0.5, 0.6) is 5.75 Å². The van der Waals surface area contributed by atoms with Crippen molar-refractivity contribution in [2.75, 3.05) is 12.4 Å². The fraction of sp³-hybridized carbons (Fsp3) is 0.158. The average molecular weight is 391 g/mol. The molecule has 0 saturated carbocycles. The lowest BCUT2D eigenvalue weighted by Crippen LogP contribution is -2.17. The van der Waals surface area contributed by atoms with Crippen molar-refractivity contribution in [2.24, 2.45) is 0 Å². The third-order valence-electron chi connectivity index (χ3n) is 3.90. The van der Waals surface area contributed by atoms with Gasteiger partial charge >= 0.3 is 0 Å². The Morgan fingerprint density at radius 2 is 1.85 bits per heavy atom. The van der Waals surface area contributed by atoms with Crippen LogP contribution in [0.3, 0.4) is 0 Å². The third-order valence-corrected chi connectivity index (χ3v) is 4.33. The van der Waals surface area contributed by atoms with Crippen molar-refractivity contribution in [3.8, 4) is 5.75 Å². The van der Waals surface area contributed by atoms with E-state index >= 15 is 0 Å². The molecule has 0 aliphatic heterocycles. The van der Waals surface area contributed by atoms with Crippen LogP contribution < -0.4 is 15.6 Å². The number of halogens is 2. The Balaban J connectivity index is 1.73. The Hall–Kier alpha value is -2.50. The van der Waals surface area contributed by atoms with E-state index in [9.17, 15) is 9.59 Å². The number of pyridine rings is 1. The van der Waals surface area contributed by atoms with Crippen molar-refractivity contribution in [2.45, 2.75) is 12.8 Å². The van der Waals surface area contributed by atoms with E-state index in [0.29, 0.717) is 33.5 Å². The van der Waals surface area contributed by atoms with Gasteiger partial charge in [0.25, 0.3) is 5.56 Å². The SMILES string of the molecule is COc1ccc2[nH]c(=O)c(CCC(=O)Nc3cc(Cl)cc(Cl)c3)cc2c1. The van der Waals surface area contributed by atoms with Crippen molar-refractivity contribution in [3.63, 3.8) is 0 Å². The summed E-state index contributed by atoms with van der Waals surface area (Å²) < 4.78 is 5.20. The number of benzene rings is 2. The largest absolute Gasteiger partial charge is 0.497 e. The summed E-state index contributed by atoms with van der Waals surface area (Å²) in [6, 6.07) is 12.0. The van der Waals surface area contributed by atoms with Gasteiger partial charge in [0.2, 0.25) is 5.91 Å². The first-order chi connectivity index (χ1) is 12.4. The van der Waals surface area contributed by atoms with Crippen LogP contribution in [0.15, 0.2) is 47.3 Å². The summed E-state index contributed by atoms with van der Waals surface area (Å²) in [5, 5.41) is 4.45. The second-order valence-electron chi connectivity index (χ2n) is 5.78. The monoisotopic (exact) mass is 390 g/mol. The zero-order valence-corrected chi connectivity index (χ0v) is 15.4. The van der Waals surface area contributed by atoms with Gasteiger partial charge in [-0.3, -0.25) is 9.59 Å². The lowest BCUT2D eigenvalue weighted by Gasteiger charge is -2.07. The number of aromatic amines is 1. The number of carbonyl (C=O) groups is 1. The number of nitrogens with one attached hydrogen (secondary N) is 2. The molecule has 0 bridgehead atoms. The van der Waals surface area contributed by atoms with E-state index in [-0.39, 0.29) is 17.9 Å². The number of rotatable bonds is 5. The number of aromatic nitrogens is 1. The van der Waals surface area contributed by atoms with Crippen LogP contribution in [0, 0.1) is 0 Å². The quantitative estimate of drug-likeness (QED) is 0.677. The molecule has 2 aromatic carbocycles. The highest BCUT2D eigenvalue weighted by Crippen LogP contribution is 2.23. The molecule has 134 valence electrons. The Bertz CT molecular complexity index is 1010. The maximum absolute atomic E-state index is 12.2. The molecule has 26 heavy (non-hydrogen) atoms. The van der Waals surface area contributed by atoms with Crippen molar-refractivity contribution in [3.05, 3.63) is 68.4 Å². The molecule has 7 heteroatoms. The minimum absolute atomic E-state index is 0.155. The Labute approximate surface area is 159 Å². The van der Waals surface area contributed by atoms with Crippen LogP contribution in [0.4, 0.5) is 5.69 Å².